The molecule has 1 saturated heterocycles. The van der Waals surface area contributed by atoms with Crippen molar-refractivity contribution in [1.82, 2.24) is 4.90 Å². The molecule has 0 radical (unpaired) electrons. The van der Waals surface area contributed by atoms with E-state index in [1.54, 1.807) is 0 Å². The number of likely N-dealkylation sites (tertiary alicyclic amines) is 1. The topological polar surface area (TPSA) is 43.7 Å². The van der Waals surface area contributed by atoms with Crippen molar-refractivity contribution in [2.45, 2.75) is 18.8 Å². The Bertz CT molecular complexity index is 498. The molecule has 3 nitrogen and oxygen atoms in total. The van der Waals surface area contributed by atoms with E-state index in [1.807, 2.05) is 4.90 Å². The molecule has 0 amide bonds. The molecule has 1 aliphatic rings. The number of rotatable bonds is 4. The van der Waals surface area contributed by atoms with E-state index in [1.165, 1.54) is 6.07 Å². The first-order chi connectivity index (χ1) is 9.04. The zero-order chi connectivity index (χ0) is 14.0. The van der Waals surface area contributed by atoms with Crippen LogP contribution in [-0.4, -0.2) is 39.8 Å². The second-order valence-corrected chi connectivity index (χ2v) is 5.46. The lowest BCUT2D eigenvalue weighted by Crippen LogP contribution is -2.25. The van der Waals surface area contributed by atoms with E-state index in [-0.39, 0.29) is 23.3 Å². The van der Waals surface area contributed by atoms with Crippen LogP contribution in [0.4, 0.5) is 4.39 Å². The highest BCUT2D eigenvalue weighted by molar-refractivity contribution is 7.80. The first-order valence-electron chi connectivity index (χ1n) is 6.10. The van der Waals surface area contributed by atoms with Crippen LogP contribution in [0.2, 0.25) is 5.02 Å². The van der Waals surface area contributed by atoms with Gasteiger partial charge in [0.25, 0.3) is 0 Å². The number of benzene rings is 1. The van der Waals surface area contributed by atoms with Gasteiger partial charge in [-0.3, -0.25) is 0 Å². The third-order valence-corrected chi connectivity index (χ3v) is 4.13. The average molecular weight is 304 g/mol. The fraction of sp³-hybridized carbons (Fsp3) is 0.462. The molecule has 1 fully saturated rings. The first kappa shape index (κ1) is 14.5. The molecule has 1 aliphatic heterocycles. The summed E-state index contributed by atoms with van der Waals surface area (Å²) in [5.74, 6) is -0.633. The number of aliphatic hydroxyl groups is 1. The van der Waals surface area contributed by atoms with Crippen molar-refractivity contribution >= 4 is 28.8 Å². The van der Waals surface area contributed by atoms with E-state index in [4.69, 9.17) is 28.9 Å². The van der Waals surface area contributed by atoms with Crippen LogP contribution in [0.5, 0.6) is 5.75 Å². The Morgan fingerprint density at radius 1 is 1.47 bits per heavy atom. The molecular formula is C13H15ClFNO2S. The summed E-state index contributed by atoms with van der Waals surface area (Å²) in [4.78, 5) is 2.73. The normalized spacial score (nSPS) is 19.2. The van der Waals surface area contributed by atoms with Gasteiger partial charge in [-0.2, -0.15) is 0 Å². The Labute approximate surface area is 121 Å². The minimum absolute atomic E-state index is 0.00297. The van der Waals surface area contributed by atoms with Gasteiger partial charge in [0.1, 0.15) is 11.6 Å². The Morgan fingerprint density at radius 3 is 2.89 bits per heavy atom. The van der Waals surface area contributed by atoms with Crippen molar-refractivity contribution in [2.24, 2.45) is 0 Å². The molecule has 1 aromatic carbocycles. The van der Waals surface area contributed by atoms with E-state index in [0.717, 1.165) is 11.1 Å². The summed E-state index contributed by atoms with van der Waals surface area (Å²) in [6.07, 6.45) is 1.20. The lowest BCUT2D eigenvalue weighted by molar-refractivity contribution is 0.269. The zero-order valence-corrected chi connectivity index (χ0v) is 11.8. The van der Waals surface area contributed by atoms with Crippen molar-refractivity contribution in [2.75, 3.05) is 19.7 Å². The molecule has 0 bridgehead atoms. The summed E-state index contributed by atoms with van der Waals surface area (Å²) < 4.78 is 13.5. The summed E-state index contributed by atoms with van der Waals surface area (Å²) in [6.45, 7) is 1.37. The summed E-state index contributed by atoms with van der Waals surface area (Å²) in [5.41, 5.74) is 0.426. The third kappa shape index (κ3) is 2.99. The lowest BCUT2D eigenvalue weighted by atomic mass is 9.97. The van der Waals surface area contributed by atoms with Gasteiger partial charge in [-0.05, 0) is 18.6 Å². The standard InChI is InChI=1S/C13H15ClFNO2S/c14-13-9(15)2-3-10(18)12(13)8-6-11(19)16(7-8)4-1-5-17/h2-3,8,17-18H,1,4-7H2. The maximum absolute atomic E-state index is 13.5. The first-order valence-corrected chi connectivity index (χ1v) is 6.88. The lowest BCUT2D eigenvalue weighted by Gasteiger charge is -2.18. The molecule has 0 aromatic heterocycles. The van der Waals surface area contributed by atoms with Crippen LogP contribution < -0.4 is 0 Å². The second kappa shape index (κ2) is 6.03. The summed E-state index contributed by atoms with van der Waals surface area (Å²) in [5, 5.41) is 18.7. The highest BCUT2D eigenvalue weighted by Gasteiger charge is 2.31. The molecule has 0 spiro atoms. The Balaban J connectivity index is 2.21. The largest absolute Gasteiger partial charge is 0.508 e. The van der Waals surface area contributed by atoms with Gasteiger partial charge in [-0.1, -0.05) is 23.8 Å². The van der Waals surface area contributed by atoms with E-state index in [0.29, 0.717) is 31.5 Å². The predicted octanol–water partition coefficient (Wildman–Crippen LogP) is 2.68. The van der Waals surface area contributed by atoms with E-state index in [2.05, 4.69) is 0 Å². The number of thiocarbonyl (C=S) groups is 1. The van der Waals surface area contributed by atoms with E-state index >= 15 is 0 Å². The van der Waals surface area contributed by atoms with Gasteiger partial charge in [0.2, 0.25) is 0 Å². The molecule has 0 saturated carbocycles. The number of aliphatic hydroxyl groups excluding tert-OH is 1. The van der Waals surface area contributed by atoms with E-state index < -0.39 is 5.82 Å². The molecule has 0 aliphatic carbocycles. The second-order valence-electron chi connectivity index (χ2n) is 4.61. The number of hydrogen-bond acceptors (Lipinski definition) is 3. The van der Waals surface area contributed by atoms with Crippen molar-refractivity contribution in [3.8, 4) is 5.75 Å². The van der Waals surface area contributed by atoms with Gasteiger partial charge < -0.3 is 15.1 Å². The monoisotopic (exact) mass is 303 g/mol. The van der Waals surface area contributed by atoms with Gasteiger partial charge >= 0.3 is 0 Å². The van der Waals surface area contributed by atoms with E-state index in [9.17, 15) is 9.50 Å². The summed E-state index contributed by atoms with van der Waals surface area (Å²) in [6, 6.07) is 2.47. The van der Waals surface area contributed by atoms with Crippen molar-refractivity contribution in [3.05, 3.63) is 28.5 Å². The zero-order valence-electron chi connectivity index (χ0n) is 10.3. The van der Waals surface area contributed by atoms with Gasteiger partial charge in [-0.25, -0.2) is 4.39 Å². The number of phenolic OH excluding ortho intramolecular Hbond substituents is 1. The number of aromatic hydroxyl groups is 1. The van der Waals surface area contributed by atoms with Crippen molar-refractivity contribution in [1.29, 1.82) is 0 Å². The molecule has 19 heavy (non-hydrogen) atoms. The van der Waals surface area contributed by atoms with Gasteiger partial charge in [0, 0.05) is 37.6 Å². The molecule has 1 atom stereocenters. The molecule has 2 N–H and O–H groups in total. The Morgan fingerprint density at radius 2 is 2.21 bits per heavy atom. The van der Waals surface area contributed by atoms with Crippen LogP contribution in [0.1, 0.15) is 24.3 Å². The number of nitrogens with zero attached hydrogens (tertiary/aromatic N) is 1. The smallest absolute Gasteiger partial charge is 0.142 e. The molecule has 6 heteroatoms. The van der Waals surface area contributed by atoms with Crippen LogP contribution >= 0.6 is 23.8 Å². The maximum Gasteiger partial charge on any atom is 0.142 e. The summed E-state index contributed by atoms with van der Waals surface area (Å²) in [7, 11) is 0. The number of halogens is 2. The predicted molar refractivity (Wildman–Crippen MR) is 76.3 cm³/mol. The van der Waals surface area contributed by atoms with Gasteiger partial charge in [0.05, 0.1) is 10.0 Å². The Hall–Kier alpha value is -0.910. The highest BCUT2D eigenvalue weighted by atomic mass is 35.5. The fourth-order valence-electron chi connectivity index (χ4n) is 2.39. The maximum atomic E-state index is 13.5. The minimum atomic E-state index is -0.533. The van der Waals surface area contributed by atoms with Gasteiger partial charge in [0.15, 0.2) is 0 Å². The van der Waals surface area contributed by atoms with Crippen LogP contribution in [0.15, 0.2) is 12.1 Å². The molecule has 1 unspecified atom stereocenters. The molecule has 1 heterocycles. The molecular weight excluding hydrogens is 289 g/mol. The number of phenols is 1. The highest BCUT2D eigenvalue weighted by Crippen LogP contribution is 2.39. The average Bonchev–Trinajstić information content (AvgIpc) is 2.73. The Kier molecular flexibility index (Phi) is 4.60. The summed E-state index contributed by atoms with van der Waals surface area (Å²) >= 11 is 11.2. The van der Waals surface area contributed by atoms with Crippen LogP contribution in [0.3, 0.4) is 0 Å². The molecule has 2 rings (SSSR count). The SMILES string of the molecule is OCCCN1CC(c2c(O)ccc(F)c2Cl)CC1=S. The fourth-order valence-corrected chi connectivity index (χ4v) is 3.07. The van der Waals surface area contributed by atoms with Crippen molar-refractivity contribution < 1.29 is 14.6 Å². The van der Waals surface area contributed by atoms with Gasteiger partial charge in [-0.15, -0.1) is 0 Å². The van der Waals surface area contributed by atoms with Crippen LogP contribution in [0.25, 0.3) is 0 Å². The quantitative estimate of drug-likeness (QED) is 0.840. The van der Waals surface area contributed by atoms with Crippen molar-refractivity contribution in [3.63, 3.8) is 0 Å². The van der Waals surface area contributed by atoms with Crippen LogP contribution in [-0.2, 0) is 0 Å². The van der Waals surface area contributed by atoms with Crippen LogP contribution in [0, 0.1) is 5.82 Å². The third-order valence-electron chi connectivity index (χ3n) is 3.32. The molecule has 104 valence electrons. The number of hydrogen-bond donors (Lipinski definition) is 2. The molecule has 1 aromatic rings. The minimum Gasteiger partial charge on any atom is -0.508 e.